The minimum Gasteiger partial charge on any atom is -0.406 e. The molecule has 34 heavy (non-hydrogen) atoms. The number of nitrogens with one attached hydrogen (secondary N) is 2. The first-order chi connectivity index (χ1) is 16.1. The van der Waals surface area contributed by atoms with Crippen LogP contribution in [0.2, 0.25) is 0 Å². The fourth-order valence-corrected chi connectivity index (χ4v) is 3.53. The molecule has 0 radical (unpaired) electrons. The third-order valence-electron chi connectivity index (χ3n) is 5.13. The highest BCUT2D eigenvalue weighted by Crippen LogP contribution is 2.32. The summed E-state index contributed by atoms with van der Waals surface area (Å²) < 4.78 is 40.7. The van der Waals surface area contributed by atoms with Crippen LogP contribution in [0.5, 0.6) is 5.75 Å². The summed E-state index contributed by atoms with van der Waals surface area (Å²) in [5, 5.41) is 31.5. The molecule has 9 nitrogen and oxygen atoms in total. The van der Waals surface area contributed by atoms with Gasteiger partial charge in [-0.05, 0) is 42.5 Å². The van der Waals surface area contributed by atoms with Crippen molar-refractivity contribution >= 4 is 17.4 Å². The Morgan fingerprint density at radius 1 is 1.18 bits per heavy atom. The largest absolute Gasteiger partial charge is 0.573 e. The molecule has 0 saturated carbocycles. The molecule has 3 heterocycles. The van der Waals surface area contributed by atoms with Crippen LogP contribution >= 0.6 is 0 Å². The lowest BCUT2D eigenvalue weighted by Gasteiger charge is -2.20. The molecule has 1 fully saturated rings. The summed E-state index contributed by atoms with van der Waals surface area (Å²) in [5.41, 5.74) is 1.63. The number of benzene rings is 1. The number of aromatic amines is 1. The molecule has 1 amide bonds. The number of alkyl halides is 3. The number of hydrogen-bond acceptors (Lipinski definition) is 7. The standard InChI is InChI=1S/C22H18F3N5O4/c23-22(24,25)34-15-4-1-13(2-5-15)29-21(33)12-7-16(17-6-3-14(8-26)28-17)20(27-9-12)30-10-18(31)19(32)11-30/h1-7,9,18-19,28,31-32H,10-11H2,(H,29,33). The number of halogens is 3. The van der Waals surface area contributed by atoms with Crippen molar-refractivity contribution in [1.82, 2.24) is 9.97 Å². The van der Waals surface area contributed by atoms with E-state index in [0.717, 1.165) is 12.1 Å². The maximum Gasteiger partial charge on any atom is 0.573 e. The summed E-state index contributed by atoms with van der Waals surface area (Å²) in [5.74, 6) is -0.598. The van der Waals surface area contributed by atoms with E-state index >= 15 is 0 Å². The predicted molar refractivity (Wildman–Crippen MR) is 114 cm³/mol. The van der Waals surface area contributed by atoms with E-state index in [2.05, 4.69) is 20.0 Å². The SMILES string of the molecule is N#Cc1ccc(-c2cc(C(=O)Nc3ccc(OC(F)(F)F)cc3)cnc2N2CC(O)C(O)C2)[nH]1. The van der Waals surface area contributed by atoms with Crippen LogP contribution in [-0.2, 0) is 0 Å². The number of nitriles is 1. The minimum absolute atomic E-state index is 0.130. The third-order valence-corrected chi connectivity index (χ3v) is 5.13. The fourth-order valence-electron chi connectivity index (χ4n) is 3.53. The van der Waals surface area contributed by atoms with Crippen LogP contribution in [0.1, 0.15) is 16.1 Å². The number of pyridine rings is 1. The summed E-state index contributed by atoms with van der Waals surface area (Å²) in [6.45, 7) is 0.260. The van der Waals surface area contributed by atoms with Gasteiger partial charge in [0.2, 0.25) is 0 Å². The summed E-state index contributed by atoms with van der Waals surface area (Å²) in [6, 6.07) is 11.4. The van der Waals surface area contributed by atoms with Crippen molar-refractivity contribution in [3.05, 3.63) is 59.9 Å². The Balaban J connectivity index is 1.60. The van der Waals surface area contributed by atoms with Crippen molar-refractivity contribution in [2.24, 2.45) is 0 Å². The van der Waals surface area contributed by atoms with Crippen LogP contribution in [0.4, 0.5) is 24.7 Å². The lowest BCUT2D eigenvalue weighted by molar-refractivity contribution is -0.274. The molecule has 176 valence electrons. The van der Waals surface area contributed by atoms with Crippen LogP contribution in [-0.4, -0.2) is 57.7 Å². The molecule has 4 rings (SSSR count). The van der Waals surface area contributed by atoms with Gasteiger partial charge in [0.1, 0.15) is 23.3 Å². The van der Waals surface area contributed by atoms with Gasteiger partial charge in [-0.1, -0.05) is 0 Å². The van der Waals surface area contributed by atoms with E-state index in [9.17, 15) is 28.2 Å². The molecule has 1 aliphatic heterocycles. The number of aromatic nitrogens is 2. The number of aliphatic hydroxyl groups excluding tert-OH is 2. The van der Waals surface area contributed by atoms with Gasteiger partial charge < -0.3 is 30.2 Å². The smallest absolute Gasteiger partial charge is 0.406 e. The third kappa shape index (κ3) is 5.11. The molecule has 2 unspecified atom stereocenters. The summed E-state index contributed by atoms with van der Waals surface area (Å²) >= 11 is 0. The topological polar surface area (TPSA) is 134 Å². The molecular formula is C22H18F3N5O4. The average molecular weight is 473 g/mol. The maximum atomic E-state index is 12.8. The Labute approximate surface area is 191 Å². The Bertz CT molecular complexity index is 1230. The number of hydrogen-bond donors (Lipinski definition) is 4. The molecule has 3 aromatic rings. The van der Waals surface area contributed by atoms with Crippen LogP contribution in [0.25, 0.3) is 11.3 Å². The van der Waals surface area contributed by atoms with Crippen LogP contribution in [0, 0.1) is 11.3 Å². The quantitative estimate of drug-likeness (QED) is 0.448. The fraction of sp³-hybridized carbons (Fsp3) is 0.227. The second-order valence-corrected chi connectivity index (χ2v) is 7.56. The number of ether oxygens (including phenoxy) is 1. The second-order valence-electron chi connectivity index (χ2n) is 7.56. The van der Waals surface area contributed by atoms with Gasteiger partial charge in [0, 0.05) is 30.5 Å². The van der Waals surface area contributed by atoms with Gasteiger partial charge in [-0.15, -0.1) is 13.2 Å². The van der Waals surface area contributed by atoms with E-state index in [0.29, 0.717) is 22.8 Å². The zero-order chi connectivity index (χ0) is 24.5. The molecule has 0 bridgehead atoms. The first kappa shape index (κ1) is 23.1. The molecule has 1 aromatic carbocycles. The lowest BCUT2D eigenvalue weighted by atomic mass is 10.1. The normalized spacial score (nSPS) is 17.9. The average Bonchev–Trinajstić information content (AvgIpc) is 3.40. The van der Waals surface area contributed by atoms with E-state index < -0.39 is 30.2 Å². The maximum absolute atomic E-state index is 12.8. The summed E-state index contributed by atoms with van der Waals surface area (Å²) in [7, 11) is 0. The van der Waals surface area contributed by atoms with Gasteiger partial charge in [0.05, 0.1) is 23.5 Å². The zero-order valence-corrected chi connectivity index (χ0v) is 17.4. The molecule has 1 saturated heterocycles. The van der Waals surface area contributed by atoms with Crippen molar-refractivity contribution in [3.63, 3.8) is 0 Å². The van der Waals surface area contributed by atoms with Crippen molar-refractivity contribution in [1.29, 1.82) is 5.26 Å². The number of rotatable bonds is 5. The van der Waals surface area contributed by atoms with Crippen LogP contribution in [0.3, 0.4) is 0 Å². The molecule has 12 heteroatoms. The number of aliphatic hydroxyl groups is 2. The summed E-state index contributed by atoms with van der Waals surface area (Å²) in [4.78, 5) is 21.7. The number of amides is 1. The predicted octanol–water partition coefficient (Wildman–Crippen LogP) is 2.64. The molecule has 2 atom stereocenters. The molecule has 0 spiro atoms. The van der Waals surface area contributed by atoms with Gasteiger partial charge in [0.25, 0.3) is 5.91 Å². The van der Waals surface area contributed by atoms with Gasteiger partial charge in [-0.25, -0.2) is 4.98 Å². The first-order valence-electron chi connectivity index (χ1n) is 10.0. The van der Waals surface area contributed by atoms with Gasteiger partial charge in [-0.2, -0.15) is 5.26 Å². The van der Waals surface area contributed by atoms with Crippen molar-refractivity contribution in [2.75, 3.05) is 23.3 Å². The van der Waals surface area contributed by atoms with E-state index in [-0.39, 0.29) is 24.3 Å². The number of carbonyl (C=O) groups is 1. The highest BCUT2D eigenvalue weighted by molar-refractivity contribution is 6.05. The van der Waals surface area contributed by atoms with E-state index in [1.165, 1.54) is 24.4 Å². The van der Waals surface area contributed by atoms with Crippen LogP contribution in [0.15, 0.2) is 48.7 Å². The lowest BCUT2D eigenvalue weighted by Crippen LogP contribution is -2.23. The zero-order valence-electron chi connectivity index (χ0n) is 17.4. The summed E-state index contributed by atoms with van der Waals surface area (Å²) in [6.07, 6.45) is -5.43. The van der Waals surface area contributed by atoms with E-state index in [1.54, 1.807) is 17.0 Å². The van der Waals surface area contributed by atoms with Crippen LogP contribution < -0.4 is 15.0 Å². The van der Waals surface area contributed by atoms with Crippen molar-refractivity contribution < 1.29 is 32.9 Å². The molecule has 0 aliphatic carbocycles. The molecular weight excluding hydrogens is 455 g/mol. The van der Waals surface area contributed by atoms with E-state index in [4.69, 9.17) is 5.26 Å². The Hall–Kier alpha value is -4.08. The van der Waals surface area contributed by atoms with Crippen molar-refractivity contribution in [3.8, 4) is 23.1 Å². The molecule has 1 aliphatic rings. The number of anilines is 2. The number of carbonyl (C=O) groups excluding carboxylic acids is 1. The molecule has 2 aromatic heterocycles. The second kappa shape index (κ2) is 9.05. The Morgan fingerprint density at radius 3 is 2.44 bits per heavy atom. The Morgan fingerprint density at radius 2 is 1.85 bits per heavy atom. The highest BCUT2D eigenvalue weighted by atomic mass is 19.4. The van der Waals surface area contributed by atoms with E-state index in [1.807, 2.05) is 6.07 Å². The minimum atomic E-state index is -4.82. The Kier molecular flexibility index (Phi) is 6.14. The highest BCUT2D eigenvalue weighted by Gasteiger charge is 2.32. The molecule has 4 N–H and O–H groups in total. The van der Waals surface area contributed by atoms with Gasteiger partial charge in [0.15, 0.2) is 0 Å². The monoisotopic (exact) mass is 473 g/mol. The van der Waals surface area contributed by atoms with Gasteiger partial charge >= 0.3 is 6.36 Å². The number of nitrogens with zero attached hydrogens (tertiary/aromatic N) is 3. The first-order valence-corrected chi connectivity index (χ1v) is 10.0. The number of β-amino-alcohol motifs (C(OH)–C–C–N with tert-alkyl or cyclic N) is 2. The number of H-pyrrole nitrogens is 1. The van der Waals surface area contributed by atoms with Crippen molar-refractivity contribution in [2.45, 2.75) is 18.6 Å². The van der Waals surface area contributed by atoms with Gasteiger partial charge in [-0.3, -0.25) is 4.79 Å².